The van der Waals surface area contributed by atoms with E-state index in [1.165, 1.54) is 35.9 Å². The van der Waals surface area contributed by atoms with Gasteiger partial charge in [-0.15, -0.1) is 0 Å². The molecule has 1 amide bonds. The molecular formula is C27H25F3N6O2. The first-order chi connectivity index (χ1) is 18.2. The summed E-state index contributed by atoms with van der Waals surface area (Å²) >= 11 is 0. The van der Waals surface area contributed by atoms with Crippen LogP contribution in [0.25, 0.3) is 22.3 Å². The molecule has 8 nitrogen and oxygen atoms in total. The smallest absolute Gasteiger partial charge is 0.314 e. The Morgan fingerprint density at radius 2 is 1.76 bits per heavy atom. The number of pyridine rings is 1. The first kappa shape index (κ1) is 25.6. The van der Waals surface area contributed by atoms with Gasteiger partial charge in [0.1, 0.15) is 11.6 Å². The van der Waals surface area contributed by atoms with Crippen molar-refractivity contribution in [2.45, 2.75) is 12.7 Å². The van der Waals surface area contributed by atoms with Crippen LogP contribution in [0.2, 0.25) is 0 Å². The summed E-state index contributed by atoms with van der Waals surface area (Å²) in [5.41, 5.74) is -0.212. The molecule has 1 aliphatic rings. The molecule has 38 heavy (non-hydrogen) atoms. The van der Waals surface area contributed by atoms with E-state index < -0.39 is 23.2 Å². The maximum atomic E-state index is 13.3. The van der Waals surface area contributed by atoms with Crippen molar-refractivity contribution in [1.82, 2.24) is 24.8 Å². The van der Waals surface area contributed by atoms with Gasteiger partial charge in [0.15, 0.2) is 0 Å². The summed E-state index contributed by atoms with van der Waals surface area (Å²) < 4.78 is 41.1. The van der Waals surface area contributed by atoms with Crippen molar-refractivity contribution in [2.75, 3.05) is 31.5 Å². The number of alkyl halides is 3. The Kier molecular flexibility index (Phi) is 6.96. The number of para-hydroxylation sites is 1. The third-order valence-electron chi connectivity index (χ3n) is 6.44. The fourth-order valence-corrected chi connectivity index (χ4v) is 4.49. The molecule has 2 aromatic carbocycles. The maximum absolute atomic E-state index is 13.3. The van der Waals surface area contributed by atoms with Crippen LogP contribution in [0.4, 0.5) is 19.0 Å². The summed E-state index contributed by atoms with van der Waals surface area (Å²) in [6.07, 6.45) is -4.55. The number of halogens is 3. The number of rotatable bonds is 5. The summed E-state index contributed by atoms with van der Waals surface area (Å²) in [6.45, 7) is 4.28. The molecule has 0 saturated carbocycles. The number of amides is 1. The second kappa shape index (κ2) is 10.3. The number of carbonyl (C=O) groups excluding carboxylic acids is 1. The molecule has 2 N–H and O–H groups in total. The molecule has 11 heteroatoms. The number of benzene rings is 2. The molecule has 0 unspecified atom stereocenters. The minimum atomic E-state index is -4.55. The van der Waals surface area contributed by atoms with Gasteiger partial charge in [0.05, 0.1) is 27.7 Å². The maximum Gasteiger partial charge on any atom is 0.416 e. The van der Waals surface area contributed by atoms with Crippen LogP contribution in [0.5, 0.6) is 0 Å². The average Bonchev–Trinajstić information content (AvgIpc) is 2.91. The predicted molar refractivity (Wildman–Crippen MR) is 138 cm³/mol. The summed E-state index contributed by atoms with van der Waals surface area (Å²) in [6, 6.07) is 14.6. The Morgan fingerprint density at radius 3 is 2.53 bits per heavy atom. The molecule has 0 radical (unpaired) electrons. The molecule has 4 aromatic rings. The Morgan fingerprint density at radius 1 is 1.03 bits per heavy atom. The van der Waals surface area contributed by atoms with E-state index in [1.54, 1.807) is 12.1 Å². The molecule has 1 fully saturated rings. The van der Waals surface area contributed by atoms with Gasteiger partial charge in [-0.25, -0.2) is 9.97 Å². The number of hydrogen-bond acceptors (Lipinski definition) is 6. The first-order valence-corrected chi connectivity index (χ1v) is 12.1. The van der Waals surface area contributed by atoms with Crippen molar-refractivity contribution in [2.24, 2.45) is 7.05 Å². The summed E-state index contributed by atoms with van der Waals surface area (Å²) in [5.74, 6) is -0.162. The normalized spacial score (nSPS) is 14.5. The highest BCUT2D eigenvalue weighted by Crippen LogP contribution is 2.32. The number of anilines is 1. The van der Waals surface area contributed by atoms with Crippen molar-refractivity contribution in [3.05, 3.63) is 87.8 Å². The Balaban J connectivity index is 1.49. The zero-order valence-electron chi connectivity index (χ0n) is 20.5. The molecule has 0 bridgehead atoms. The van der Waals surface area contributed by atoms with E-state index in [-0.39, 0.29) is 27.9 Å². The molecule has 2 aromatic heterocycles. The molecule has 196 valence electrons. The fourth-order valence-electron chi connectivity index (χ4n) is 4.49. The van der Waals surface area contributed by atoms with Crippen LogP contribution in [0.1, 0.15) is 21.6 Å². The van der Waals surface area contributed by atoms with E-state index in [9.17, 15) is 22.8 Å². The number of hydrogen-bond donors (Lipinski definition) is 2. The second-order valence-corrected chi connectivity index (χ2v) is 9.07. The van der Waals surface area contributed by atoms with E-state index in [1.807, 2.05) is 12.1 Å². The van der Waals surface area contributed by atoms with Gasteiger partial charge >= 0.3 is 6.18 Å². The minimum Gasteiger partial charge on any atom is -0.314 e. The number of piperazine rings is 1. The van der Waals surface area contributed by atoms with Crippen molar-refractivity contribution in [3.8, 4) is 11.4 Å². The largest absolute Gasteiger partial charge is 0.416 e. The zero-order chi connectivity index (χ0) is 26.9. The van der Waals surface area contributed by atoms with Gasteiger partial charge < -0.3 is 10.6 Å². The fraction of sp³-hybridized carbons (Fsp3) is 0.259. The lowest BCUT2D eigenvalue weighted by Crippen LogP contribution is -2.43. The molecule has 1 saturated heterocycles. The van der Waals surface area contributed by atoms with E-state index in [4.69, 9.17) is 0 Å². The number of carbonyl (C=O) groups is 1. The van der Waals surface area contributed by atoms with Gasteiger partial charge in [0.2, 0.25) is 0 Å². The third kappa shape index (κ3) is 5.29. The highest BCUT2D eigenvalue weighted by molar-refractivity contribution is 6.11. The molecule has 0 atom stereocenters. The molecular weight excluding hydrogens is 497 g/mol. The average molecular weight is 523 g/mol. The van der Waals surface area contributed by atoms with Crippen molar-refractivity contribution in [1.29, 1.82) is 0 Å². The van der Waals surface area contributed by atoms with Gasteiger partial charge in [-0.2, -0.15) is 13.2 Å². The highest BCUT2D eigenvalue weighted by atomic mass is 19.4. The molecule has 3 heterocycles. The summed E-state index contributed by atoms with van der Waals surface area (Å²) in [7, 11) is 1.44. The Hall–Kier alpha value is -4.09. The molecule has 0 aliphatic carbocycles. The lowest BCUT2D eigenvalue weighted by atomic mass is 10.1. The number of aromatic nitrogens is 3. The van der Waals surface area contributed by atoms with Gasteiger partial charge in [-0.05, 0) is 36.4 Å². The van der Waals surface area contributed by atoms with Crippen molar-refractivity contribution >= 4 is 22.6 Å². The van der Waals surface area contributed by atoms with Crippen LogP contribution in [-0.2, 0) is 19.8 Å². The van der Waals surface area contributed by atoms with Crippen molar-refractivity contribution in [3.63, 3.8) is 0 Å². The number of fused-ring (bicyclic) bond motifs is 1. The Bertz CT molecular complexity index is 1560. The van der Waals surface area contributed by atoms with Crippen LogP contribution in [0, 0.1) is 0 Å². The predicted octanol–water partition coefficient (Wildman–Crippen LogP) is 3.67. The van der Waals surface area contributed by atoms with Gasteiger partial charge in [0.25, 0.3) is 11.5 Å². The van der Waals surface area contributed by atoms with Crippen LogP contribution >= 0.6 is 0 Å². The summed E-state index contributed by atoms with van der Waals surface area (Å²) in [4.78, 5) is 37.7. The highest BCUT2D eigenvalue weighted by Gasteiger charge is 2.31. The quantitative estimate of drug-likeness (QED) is 0.416. The lowest BCUT2D eigenvalue weighted by Gasteiger charge is -2.26. The SMILES string of the molecule is Cn1c(-c2cccc(C(F)(F)F)c2)nc2c(C(=O)Nc3cccc(CN4CCNCC4)n3)cccc2c1=O. The van der Waals surface area contributed by atoms with E-state index in [0.29, 0.717) is 12.4 Å². The first-order valence-electron chi connectivity index (χ1n) is 12.1. The van der Waals surface area contributed by atoms with Gasteiger partial charge in [-0.3, -0.25) is 19.1 Å². The Labute approximate surface area is 216 Å². The molecule has 5 rings (SSSR count). The van der Waals surface area contributed by atoms with E-state index in [0.717, 1.165) is 44.0 Å². The van der Waals surface area contributed by atoms with Crippen molar-refractivity contribution < 1.29 is 18.0 Å². The minimum absolute atomic E-state index is 0.0185. The van der Waals surface area contributed by atoms with Crippen LogP contribution < -0.4 is 16.2 Å². The standard InChI is InChI=1S/C27H25F3N6O2/c1-35-24(17-5-2-6-18(15-17)27(28,29)30)34-23-20(8-4-9-21(23)26(35)38)25(37)33-22-10-3-7-19(32-22)16-36-13-11-31-12-14-36/h2-10,15,31H,11-14,16H2,1H3,(H,32,33,37). The summed E-state index contributed by atoms with van der Waals surface area (Å²) in [5, 5.41) is 6.25. The van der Waals surface area contributed by atoms with Crippen LogP contribution in [0.3, 0.4) is 0 Å². The van der Waals surface area contributed by atoms with Crippen LogP contribution in [-0.4, -0.2) is 51.5 Å². The zero-order valence-corrected chi connectivity index (χ0v) is 20.5. The third-order valence-corrected chi connectivity index (χ3v) is 6.44. The van der Waals surface area contributed by atoms with Gasteiger partial charge in [-0.1, -0.05) is 24.3 Å². The van der Waals surface area contributed by atoms with Crippen LogP contribution in [0.15, 0.2) is 65.5 Å². The number of nitrogens with one attached hydrogen (secondary N) is 2. The molecule has 1 aliphatic heterocycles. The van der Waals surface area contributed by atoms with Gasteiger partial charge in [0, 0.05) is 45.3 Å². The lowest BCUT2D eigenvalue weighted by molar-refractivity contribution is -0.137. The van der Waals surface area contributed by atoms with E-state index in [2.05, 4.69) is 25.5 Å². The monoisotopic (exact) mass is 522 g/mol. The number of nitrogens with zero attached hydrogens (tertiary/aromatic N) is 4. The molecule has 0 spiro atoms. The topological polar surface area (TPSA) is 92.2 Å². The van der Waals surface area contributed by atoms with E-state index >= 15 is 0 Å². The second-order valence-electron chi connectivity index (χ2n) is 9.07.